The van der Waals surface area contributed by atoms with Crippen molar-refractivity contribution in [1.82, 2.24) is 0 Å². The van der Waals surface area contributed by atoms with Crippen LogP contribution in [0.15, 0.2) is 118 Å². The Bertz CT molecular complexity index is 2320. The molecule has 4 aliphatic rings. The van der Waals surface area contributed by atoms with Gasteiger partial charge in [0.25, 0.3) is 5.69 Å². The number of nitro groups is 1. The lowest BCUT2D eigenvalue weighted by Crippen LogP contribution is -2.59. The number of hydrogen-bond acceptors (Lipinski definition) is 8. The molecule has 4 aromatic carbocycles. The number of nitrogens with zero attached hydrogens (tertiary/aromatic N) is 2. The van der Waals surface area contributed by atoms with E-state index in [2.05, 4.69) is 31.9 Å². The molecule has 2 fully saturated rings. The summed E-state index contributed by atoms with van der Waals surface area (Å²) >= 11 is 7.20. The Kier molecular flexibility index (Phi) is 8.57. The van der Waals surface area contributed by atoms with Crippen molar-refractivity contribution in [3.63, 3.8) is 0 Å². The van der Waals surface area contributed by atoms with Crippen LogP contribution in [0.25, 0.3) is 5.57 Å². The maximum atomic E-state index is 15.3. The van der Waals surface area contributed by atoms with Gasteiger partial charge in [0, 0.05) is 34.0 Å². The Balaban J connectivity index is 1.38. The molecule has 53 heavy (non-hydrogen) atoms. The van der Waals surface area contributed by atoms with E-state index >= 15 is 9.59 Å². The van der Waals surface area contributed by atoms with Crippen LogP contribution in [0.3, 0.4) is 0 Å². The molecule has 6 atom stereocenters. The minimum absolute atomic E-state index is 0.0863. The first-order valence-corrected chi connectivity index (χ1v) is 18.6. The van der Waals surface area contributed by atoms with Crippen molar-refractivity contribution in [2.24, 2.45) is 23.7 Å². The number of halogens is 2. The number of anilines is 1. The molecule has 266 valence electrons. The van der Waals surface area contributed by atoms with E-state index in [0.717, 1.165) is 4.90 Å². The van der Waals surface area contributed by atoms with Gasteiger partial charge < -0.3 is 9.84 Å². The predicted octanol–water partition coefficient (Wildman–Crippen LogP) is 7.86. The van der Waals surface area contributed by atoms with Crippen LogP contribution in [-0.4, -0.2) is 40.5 Å². The zero-order valence-corrected chi connectivity index (χ0v) is 31.2. The van der Waals surface area contributed by atoms with Crippen LogP contribution in [0.2, 0.25) is 0 Å². The molecule has 1 aliphatic heterocycles. The summed E-state index contributed by atoms with van der Waals surface area (Å²) in [6.45, 7) is 0. The molecule has 1 N–H and O–H groups in total. The zero-order valence-electron chi connectivity index (χ0n) is 28.1. The fourth-order valence-electron chi connectivity index (χ4n) is 9.20. The molecule has 12 heteroatoms. The van der Waals surface area contributed by atoms with Crippen LogP contribution in [0.4, 0.5) is 11.4 Å². The first-order valence-electron chi connectivity index (χ1n) is 17.0. The molecule has 0 bridgehead atoms. The van der Waals surface area contributed by atoms with E-state index in [4.69, 9.17) is 4.74 Å². The molecule has 0 aromatic heterocycles. The molecule has 4 aromatic rings. The molecule has 0 spiro atoms. The van der Waals surface area contributed by atoms with E-state index < -0.39 is 51.7 Å². The Morgan fingerprint density at radius 3 is 2.26 bits per heavy atom. The third kappa shape index (κ3) is 5.09. The van der Waals surface area contributed by atoms with Gasteiger partial charge >= 0.3 is 0 Å². The zero-order chi connectivity index (χ0) is 37.3. The first-order chi connectivity index (χ1) is 25.5. The number of non-ortho nitro benzene ring substituents is 1. The van der Waals surface area contributed by atoms with Crippen LogP contribution in [0.5, 0.6) is 11.5 Å². The molecule has 8 rings (SSSR count). The average molecular weight is 839 g/mol. The highest BCUT2D eigenvalue weighted by molar-refractivity contribution is 9.13. The molecule has 1 heterocycles. The topological polar surface area (TPSA) is 144 Å². The number of benzene rings is 4. The SMILES string of the molecule is COc1cc(C2C3=CCC4C(=O)N(c5cccc([N+](=O)[O-])c5)C(=O)C4C3CC3C(=O)C(c4ccccc4)=CC(=O)C32c2ccccc2)c(Br)c(Br)c1O. The summed E-state index contributed by atoms with van der Waals surface area (Å²) in [6, 6.07) is 25.2. The number of fused-ring (bicyclic) bond motifs is 4. The fourth-order valence-corrected chi connectivity index (χ4v) is 10.2. The van der Waals surface area contributed by atoms with Crippen molar-refractivity contribution >= 4 is 72.2 Å². The molecule has 3 aliphatic carbocycles. The number of phenolic OH excluding ortho intramolecular Hbond substituents is 1. The Labute approximate surface area is 320 Å². The van der Waals surface area contributed by atoms with Crippen molar-refractivity contribution in [3.8, 4) is 11.5 Å². The van der Waals surface area contributed by atoms with Gasteiger partial charge in [0.15, 0.2) is 23.1 Å². The number of phenols is 1. The minimum atomic E-state index is -1.50. The number of ketones is 2. The first kappa shape index (κ1) is 34.9. The Morgan fingerprint density at radius 1 is 0.887 bits per heavy atom. The summed E-state index contributed by atoms with van der Waals surface area (Å²) in [5.41, 5.74) is 1.06. The van der Waals surface area contributed by atoms with Crippen molar-refractivity contribution in [3.05, 3.63) is 144 Å². The molecule has 2 amide bonds. The second kappa shape index (κ2) is 13.0. The summed E-state index contributed by atoms with van der Waals surface area (Å²) in [4.78, 5) is 71.2. The van der Waals surface area contributed by atoms with E-state index in [1.54, 1.807) is 30.3 Å². The number of methoxy groups -OCH3 is 1. The second-order valence-electron chi connectivity index (χ2n) is 13.7. The Morgan fingerprint density at radius 2 is 1.58 bits per heavy atom. The van der Waals surface area contributed by atoms with Gasteiger partial charge in [-0.05, 0) is 85.5 Å². The summed E-state index contributed by atoms with van der Waals surface area (Å²) in [5, 5.41) is 22.6. The fraction of sp³-hybridized carbons (Fsp3) is 0.220. The minimum Gasteiger partial charge on any atom is -0.503 e. The van der Waals surface area contributed by atoms with Crippen molar-refractivity contribution in [1.29, 1.82) is 0 Å². The van der Waals surface area contributed by atoms with E-state index in [-0.39, 0.29) is 57.3 Å². The molecule has 6 unspecified atom stereocenters. The normalized spacial score (nSPS) is 26.3. The lowest BCUT2D eigenvalue weighted by Gasteiger charge is -2.55. The third-order valence-corrected chi connectivity index (χ3v) is 13.5. The highest BCUT2D eigenvalue weighted by atomic mass is 79.9. The summed E-state index contributed by atoms with van der Waals surface area (Å²) in [5.74, 6) is -5.80. The lowest BCUT2D eigenvalue weighted by atomic mass is 9.44. The standard InChI is InChI=1S/C41H30Br2N2O8/c1-53-31-19-29(35(42)36(43)38(31)48)34-25-15-16-26-33(40(50)44(39(26)49)23-13-8-14-24(17-23)45(51)52)28(25)18-30-37(47)27(21-9-4-2-5-10-21)20-32(46)41(30,34)22-11-6-3-7-12-22/h2-15,17,19-20,26,28,30,33-34,48H,16,18H2,1H3. The molecule has 1 saturated carbocycles. The van der Waals surface area contributed by atoms with Crippen LogP contribution in [0.1, 0.15) is 35.4 Å². The van der Waals surface area contributed by atoms with Gasteiger partial charge in [0.1, 0.15) is 0 Å². The number of allylic oxidation sites excluding steroid dienone is 4. The summed E-state index contributed by atoms with van der Waals surface area (Å²) < 4.78 is 6.31. The van der Waals surface area contributed by atoms with Crippen molar-refractivity contribution in [2.45, 2.75) is 24.2 Å². The van der Waals surface area contributed by atoms with Crippen molar-refractivity contribution < 1.29 is 33.9 Å². The number of carbonyl (C=O) groups excluding carboxylic acids is 4. The molecular weight excluding hydrogens is 808 g/mol. The maximum absolute atomic E-state index is 15.3. The monoisotopic (exact) mass is 836 g/mol. The van der Waals surface area contributed by atoms with Crippen LogP contribution >= 0.6 is 31.9 Å². The number of Topliss-reactive ketones (excluding diaryl/α,β-unsaturated/α-hetero) is 1. The van der Waals surface area contributed by atoms with E-state index in [1.165, 1.54) is 37.5 Å². The number of carbonyl (C=O) groups is 4. The van der Waals surface area contributed by atoms with E-state index in [9.17, 15) is 24.8 Å². The summed E-state index contributed by atoms with van der Waals surface area (Å²) in [7, 11) is 1.42. The maximum Gasteiger partial charge on any atom is 0.271 e. The largest absolute Gasteiger partial charge is 0.503 e. The highest BCUT2D eigenvalue weighted by Crippen LogP contribution is 2.65. The molecule has 1 saturated heterocycles. The Hall–Kier alpha value is -5.20. The van der Waals surface area contributed by atoms with E-state index in [0.29, 0.717) is 26.7 Å². The molecular formula is C41H30Br2N2O8. The van der Waals surface area contributed by atoms with Gasteiger partial charge in [0.2, 0.25) is 11.8 Å². The molecule has 0 radical (unpaired) electrons. The van der Waals surface area contributed by atoms with Crippen LogP contribution in [-0.2, 0) is 24.6 Å². The van der Waals surface area contributed by atoms with Gasteiger partial charge in [-0.3, -0.25) is 29.3 Å². The quantitative estimate of drug-likeness (QED) is 0.0895. The highest BCUT2D eigenvalue weighted by Gasteiger charge is 2.66. The number of hydrogen-bond donors (Lipinski definition) is 1. The number of nitro benzene ring substituents is 1. The van der Waals surface area contributed by atoms with E-state index in [1.807, 2.05) is 42.5 Å². The van der Waals surface area contributed by atoms with Gasteiger partial charge in [-0.25, -0.2) is 4.90 Å². The lowest BCUT2D eigenvalue weighted by molar-refractivity contribution is -0.384. The van der Waals surface area contributed by atoms with Crippen LogP contribution in [0, 0.1) is 33.8 Å². The summed E-state index contributed by atoms with van der Waals surface area (Å²) in [6.07, 6.45) is 3.62. The number of ether oxygens (including phenoxy) is 1. The van der Waals surface area contributed by atoms with Gasteiger partial charge in [-0.15, -0.1) is 0 Å². The van der Waals surface area contributed by atoms with Gasteiger partial charge in [0.05, 0.1) is 39.4 Å². The van der Waals surface area contributed by atoms with Crippen LogP contribution < -0.4 is 9.64 Å². The smallest absolute Gasteiger partial charge is 0.271 e. The van der Waals surface area contributed by atoms with Crippen molar-refractivity contribution in [2.75, 3.05) is 12.0 Å². The number of aromatic hydroxyl groups is 1. The molecule has 10 nitrogen and oxygen atoms in total. The number of imide groups is 1. The predicted molar refractivity (Wildman–Crippen MR) is 202 cm³/mol. The number of rotatable bonds is 6. The third-order valence-electron chi connectivity index (χ3n) is 11.4. The average Bonchev–Trinajstić information content (AvgIpc) is 3.44. The van der Waals surface area contributed by atoms with Gasteiger partial charge in [-0.1, -0.05) is 78.4 Å². The second-order valence-corrected chi connectivity index (χ2v) is 15.3. The number of amides is 2. The van der Waals surface area contributed by atoms with Gasteiger partial charge in [-0.2, -0.15) is 0 Å².